The van der Waals surface area contributed by atoms with E-state index in [1.807, 2.05) is 24.3 Å². The van der Waals surface area contributed by atoms with Crippen LogP contribution in [0.2, 0.25) is 0 Å². The van der Waals surface area contributed by atoms with Gasteiger partial charge in [0.25, 0.3) is 0 Å². The van der Waals surface area contributed by atoms with Gasteiger partial charge < -0.3 is 4.74 Å². The van der Waals surface area contributed by atoms with Crippen LogP contribution in [0, 0.1) is 0 Å². The van der Waals surface area contributed by atoms with Gasteiger partial charge >= 0.3 is 5.97 Å². The summed E-state index contributed by atoms with van der Waals surface area (Å²) in [5, 5.41) is 0. The summed E-state index contributed by atoms with van der Waals surface area (Å²) in [6.45, 7) is 4.00. The smallest absolute Gasteiger partial charge is 0.315 e. The molecule has 0 heterocycles. The summed E-state index contributed by atoms with van der Waals surface area (Å²) in [4.78, 5) is 22.6. The van der Waals surface area contributed by atoms with Gasteiger partial charge in [-0.15, -0.1) is 11.8 Å². The standard InChI is InChI=1S/C14H20N2O3S/c1-3-19-13(17)9-20-8-11-4-6-12(7-5-11)10(2)14(18)16-15/h4-7,10H,3,8-9,15H2,1-2H3,(H,16,18). The number of nitrogens with one attached hydrogen (secondary N) is 1. The van der Waals surface area contributed by atoms with Gasteiger partial charge in [-0.3, -0.25) is 15.0 Å². The van der Waals surface area contributed by atoms with Gasteiger partial charge in [-0.05, 0) is 25.0 Å². The SMILES string of the molecule is CCOC(=O)CSCc1ccc(C(C)C(=O)NN)cc1. The van der Waals surface area contributed by atoms with Crippen LogP contribution in [0.25, 0.3) is 0 Å². The summed E-state index contributed by atoms with van der Waals surface area (Å²) >= 11 is 1.51. The van der Waals surface area contributed by atoms with E-state index < -0.39 is 0 Å². The molecule has 0 saturated heterocycles. The fourth-order valence-corrected chi connectivity index (χ4v) is 2.41. The lowest BCUT2D eigenvalue weighted by Crippen LogP contribution is -2.33. The molecule has 1 unspecified atom stereocenters. The minimum atomic E-state index is -0.277. The van der Waals surface area contributed by atoms with Gasteiger partial charge in [-0.25, -0.2) is 5.84 Å². The second-order valence-electron chi connectivity index (χ2n) is 4.27. The molecule has 0 radical (unpaired) electrons. The molecule has 5 nitrogen and oxygen atoms in total. The second-order valence-corrected chi connectivity index (χ2v) is 5.26. The number of amides is 1. The van der Waals surface area contributed by atoms with Gasteiger partial charge in [0.05, 0.1) is 18.3 Å². The Hall–Kier alpha value is -1.53. The number of esters is 1. The summed E-state index contributed by atoms with van der Waals surface area (Å²) in [6.07, 6.45) is 0. The van der Waals surface area contributed by atoms with Crippen LogP contribution < -0.4 is 11.3 Å². The maximum Gasteiger partial charge on any atom is 0.315 e. The highest BCUT2D eigenvalue weighted by molar-refractivity contribution is 7.99. The number of hydrogen-bond donors (Lipinski definition) is 2. The van der Waals surface area contributed by atoms with Crippen LogP contribution in [0.3, 0.4) is 0 Å². The molecule has 0 spiro atoms. The molecule has 0 aliphatic heterocycles. The van der Waals surface area contributed by atoms with E-state index in [4.69, 9.17) is 10.6 Å². The minimum Gasteiger partial charge on any atom is -0.465 e. The fourth-order valence-electron chi connectivity index (χ4n) is 1.63. The van der Waals surface area contributed by atoms with E-state index in [0.717, 1.165) is 16.9 Å². The first-order valence-corrected chi connectivity index (χ1v) is 7.56. The number of hydrogen-bond acceptors (Lipinski definition) is 5. The van der Waals surface area contributed by atoms with Crippen LogP contribution >= 0.6 is 11.8 Å². The first kappa shape index (κ1) is 16.5. The summed E-state index contributed by atoms with van der Waals surface area (Å²) in [7, 11) is 0. The summed E-state index contributed by atoms with van der Waals surface area (Å²) in [6, 6.07) is 7.71. The zero-order valence-electron chi connectivity index (χ0n) is 11.7. The fraction of sp³-hybridized carbons (Fsp3) is 0.429. The maximum atomic E-state index is 11.4. The maximum absolute atomic E-state index is 11.4. The Balaban J connectivity index is 2.46. The summed E-state index contributed by atoms with van der Waals surface area (Å²) in [5.41, 5.74) is 4.15. The third-order valence-corrected chi connectivity index (χ3v) is 3.79. The van der Waals surface area contributed by atoms with E-state index in [1.165, 1.54) is 11.8 Å². The number of ether oxygens (including phenoxy) is 1. The van der Waals surface area contributed by atoms with Crippen molar-refractivity contribution in [2.75, 3.05) is 12.4 Å². The summed E-state index contributed by atoms with van der Waals surface area (Å²) in [5.74, 6) is 5.51. The van der Waals surface area contributed by atoms with Crippen molar-refractivity contribution in [1.82, 2.24) is 5.43 Å². The van der Waals surface area contributed by atoms with E-state index in [0.29, 0.717) is 12.4 Å². The molecule has 0 fully saturated rings. The van der Waals surface area contributed by atoms with Gasteiger partial charge in [-0.1, -0.05) is 24.3 Å². The minimum absolute atomic E-state index is 0.192. The van der Waals surface area contributed by atoms with Gasteiger partial charge in [0.15, 0.2) is 0 Å². The Morgan fingerprint density at radius 3 is 2.55 bits per heavy atom. The highest BCUT2D eigenvalue weighted by Crippen LogP contribution is 2.18. The Morgan fingerprint density at radius 2 is 2.00 bits per heavy atom. The van der Waals surface area contributed by atoms with E-state index in [9.17, 15) is 9.59 Å². The van der Waals surface area contributed by atoms with Crippen LogP contribution in [0.15, 0.2) is 24.3 Å². The molecular weight excluding hydrogens is 276 g/mol. The third-order valence-electron chi connectivity index (χ3n) is 2.81. The quantitative estimate of drug-likeness (QED) is 0.345. The van der Waals surface area contributed by atoms with Crippen molar-refractivity contribution >= 4 is 23.6 Å². The molecule has 6 heteroatoms. The number of thioether (sulfide) groups is 1. The van der Waals surface area contributed by atoms with E-state index in [1.54, 1.807) is 13.8 Å². The zero-order valence-corrected chi connectivity index (χ0v) is 12.5. The third kappa shape index (κ3) is 5.22. The molecule has 0 aliphatic rings. The lowest BCUT2D eigenvalue weighted by atomic mass is 10.00. The highest BCUT2D eigenvalue weighted by atomic mass is 32.2. The van der Waals surface area contributed by atoms with Crippen molar-refractivity contribution in [3.8, 4) is 0 Å². The zero-order chi connectivity index (χ0) is 15.0. The van der Waals surface area contributed by atoms with Crippen LogP contribution in [0.4, 0.5) is 0 Å². The molecule has 110 valence electrons. The lowest BCUT2D eigenvalue weighted by Gasteiger charge is -2.10. The van der Waals surface area contributed by atoms with Crippen molar-refractivity contribution in [3.63, 3.8) is 0 Å². The highest BCUT2D eigenvalue weighted by Gasteiger charge is 2.13. The molecule has 0 aliphatic carbocycles. The number of carbonyl (C=O) groups excluding carboxylic acids is 2. The Bertz CT molecular complexity index is 448. The van der Waals surface area contributed by atoms with Crippen LogP contribution in [0.1, 0.15) is 30.9 Å². The van der Waals surface area contributed by atoms with Crippen LogP contribution in [0.5, 0.6) is 0 Å². The normalized spacial score (nSPS) is 11.8. The second kappa shape index (κ2) is 8.60. The van der Waals surface area contributed by atoms with Gasteiger partial charge in [0, 0.05) is 5.75 Å². The number of nitrogens with two attached hydrogens (primary N) is 1. The van der Waals surface area contributed by atoms with Crippen molar-refractivity contribution in [3.05, 3.63) is 35.4 Å². The lowest BCUT2D eigenvalue weighted by molar-refractivity contribution is -0.139. The number of benzene rings is 1. The molecule has 1 amide bonds. The molecule has 1 atom stereocenters. The van der Waals surface area contributed by atoms with E-state index in [2.05, 4.69) is 5.43 Å². The van der Waals surface area contributed by atoms with E-state index in [-0.39, 0.29) is 17.8 Å². The Kier molecular flexibility index (Phi) is 7.11. The Morgan fingerprint density at radius 1 is 1.35 bits per heavy atom. The van der Waals surface area contributed by atoms with Crippen LogP contribution in [-0.4, -0.2) is 24.2 Å². The van der Waals surface area contributed by atoms with Gasteiger partial charge in [0.1, 0.15) is 0 Å². The molecule has 3 N–H and O–H groups in total. The molecule has 20 heavy (non-hydrogen) atoms. The monoisotopic (exact) mass is 296 g/mol. The molecule has 0 saturated carbocycles. The van der Waals surface area contributed by atoms with Crippen molar-refractivity contribution in [1.29, 1.82) is 0 Å². The first-order valence-electron chi connectivity index (χ1n) is 6.41. The molecule has 0 bridgehead atoms. The molecular formula is C14H20N2O3S. The topological polar surface area (TPSA) is 81.4 Å². The first-order chi connectivity index (χ1) is 9.58. The molecule has 1 rings (SSSR count). The van der Waals surface area contributed by atoms with Gasteiger partial charge in [-0.2, -0.15) is 0 Å². The molecule has 1 aromatic carbocycles. The Labute approximate surface area is 123 Å². The van der Waals surface area contributed by atoms with Crippen molar-refractivity contribution in [2.24, 2.45) is 5.84 Å². The number of rotatable bonds is 7. The average molecular weight is 296 g/mol. The predicted octanol–water partition coefficient (Wildman–Crippen LogP) is 1.58. The predicted molar refractivity (Wildman–Crippen MR) is 80.0 cm³/mol. The van der Waals surface area contributed by atoms with Crippen molar-refractivity contribution < 1.29 is 14.3 Å². The van der Waals surface area contributed by atoms with Crippen LogP contribution in [-0.2, 0) is 20.1 Å². The van der Waals surface area contributed by atoms with E-state index >= 15 is 0 Å². The van der Waals surface area contributed by atoms with Crippen molar-refractivity contribution in [2.45, 2.75) is 25.5 Å². The number of carbonyl (C=O) groups is 2. The largest absolute Gasteiger partial charge is 0.465 e. The average Bonchev–Trinajstić information content (AvgIpc) is 2.46. The summed E-state index contributed by atoms with van der Waals surface area (Å²) < 4.78 is 4.85. The molecule has 1 aromatic rings. The number of hydrazine groups is 1. The van der Waals surface area contributed by atoms with Gasteiger partial charge in [0.2, 0.25) is 5.91 Å². The molecule has 0 aromatic heterocycles.